The van der Waals surface area contributed by atoms with Gasteiger partial charge in [0, 0.05) is 0 Å². The molecule has 0 aliphatic rings. The van der Waals surface area contributed by atoms with E-state index in [1.165, 1.54) is 0 Å². The van der Waals surface area contributed by atoms with Crippen LogP contribution in [0.2, 0.25) is 0 Å². The molecule has 0 spiro atoms. The van der Waals surface area contributed by atoms with Crippen LogP contribution in [0.3, 0.4) is 0 Å². The molecule has 190 valence electrons. The predicted molar refractivity (Wildman–Crippen MR) is 143 cm³/mol. The zero-order valence-electron chi connectivity index (χ0n) is 20.5. The smallest absolute Gasteiger partial charge is 0.325 e. The molecule has 0 aliphatic carbocycles. The molecule has 0 aromatic heterocycles. The van der Waals surface area contributed by atoms with E-state index in [4.69, 9.17) is 8.92 Å². The van der Waals surface area contributed by atoms with E-state index < -0.39 is 34.3 Å². The van der Waals surface area contributed by atoms with Gasteiger partial charge in [-0.3, -0.25) is 14.3 Å². The number of hydrogen-bond acceptors (Lipinski definition) is 6. The van der Waals surface area contributed by atoms with Crippen LogP contribution >= 0.6 is 0 Å². The topological polar surface area (TPSA) is 81.7 Å². The number of ether oxygens (including phenoxy) is 1. The lowest BCUT2D eigenvalue weighted by Crippen LogP contribution is -2.54. The fourth-order valence-electron chi connectivity index (χ4n) is 4.27. The number of esters is 1. The zero-order chi connectivity index (χ0) is 26.1. The molecule has 1 N–H and O–H groups in total. The van der Waals surface area contributed by atoms with Crippen molar-refractivity contribution in [1.82, 2.24) is 5.32 Å². The van der Waals surface area contributed by atoms with Gasteiger partial charge in [-0.15, -0.1) is 0 Å². The fourth-order valence-corrected chi connectivity index (χ4v) is 4.65. The van der Waals surface area contributed by atoms with Crippen LogP contribution in [0.25, 0.3) is 0 Å². The molecule has 0 aliphatic heterocycles. The third kappa shape index (κ3) is 6.71. The van der Waals surface area contributed by atoms with E-state index in [-0.39, 0.29) is 6.61 Å². The molecular weight excluding hydrogens is 486 g/mol. The van der Waals surface area contributed by atoms with Gasteiger partial charge in [-0.1, -0.05) is 121 Å². The molecule has 4 rings (SSSR count). The Balaban J connectivity index is 1.80. The minimum atomic E-state index is -3.82. The quantitative estimate of drug-likeness (QED) is 0.178. The van der Waals surface area contributed by atoms with Gasteiger partial charge in [-0.25, -0.2) is 0 Å². The fraction of sp³-hybridized carbons (Fsp3) is 0.167. The van der Waals surface area contributed by atoms with Gasteiger partial charge in [0.1, 0.15) is 12.6 Å². The normalized spacial score (nSPS) is 12.6. The van der Waals surface area contributed by atoms with Crippen molar-refractivity contribution in [2.24, 2.45) is 0 Å². The lowest BCUT2D eigenvalue weighted by Gasteiger charge is -2.39. The van der Waals surface area contributed by atoms with Crippen LogP contribution in [0.4, 0.5) is 0 Å². The van der Waals surface area contributed by atoms with Gasteiger partial charge in [-0.2, -0.15) is 8.42 Å². The third-order valence-corrected chi connectivity index (χ3v) is 6.53. The van der Waals surface area contributed by atoms with Crippen LogP contribution in [0.1, 0.15) is 22.3 Å². The highest BCUT2D eigenvalue weighted by Crippen LogP contribution is 2.37. The van der Waals surface area contributed by atoms with Gasteiger partial charge in [0.2, 0.25) is 0 Å². The SMILES string of the molecule is CS(=O)(=O)OC[C@H](NC(c1ccccc1)(c1ccccc1)c1ccccc1)C(=O)OCc1ccccc1. The summed E-state index contributed by atoms with van der Waals surface area (Å²) in [5, 5.41) is 3.46. The monoisotopic (exact) mass is 515 g/mol. The van der Waals surface area contributed by atoms with E-state index in [1.54, 1.807) is 0 Å². The van der Waals surface area contributed by atoms with Crippen molar-refractivity contribution in [3.63, 3.8) is 0 Å². The molecular formula is C30H29NO5S. The zero-order valence-corrected chi connectivity index (χ0v) is 21.3. The Morgan fingerprint density at radius 2 is 1.14 bits per heavy atom. The van der Waals surface area contributed by atoms with Gasteiger partial charge in [-0.05, 0) is 22.3 Å². The predicted octanol–water partition coefficient (Wildman–Crippen LogP) is 4.66. The molecule has 4 aromatic carbocycles. The maximum absolute atomic E-state index is 13.4. The maximum atomic E-state index is 13.4. The second kappa shape index (κ2) is 12.0. The molecule has 0 unspecified atom stereocenters. The van der Waals surface area contributed by atoms with Gasteiger partial charge in [0.05, 0.1) is 18.4 Å². The first-order chi connectivity index (χ1) is 17.9. The summed E-state index contributed by atoms with van der Waals surface area (Å²) in [5.41, 5.74) is 2.41. The standard InChI is InChI=1S/C30H29NO5S/c1-37(33,34)36-23-28(29(32)35-22-24-14-6-2-7-15-24)31-30(25-16-8-3-9-17-25,26-18-10-4-11-19-26)27-20-12-5-13-21-27/h2-21,28,31H,22-23H2,1H3/t28-/m0/s1. The molecule has 6 nitrogen and oxygen atoms in total. The van der Waals surface area contributed by atoms with Crippen LogP contribution < -0.4 is 5.32 Å². The largest absolute Gasteiger partial charge is 0.460 e. The molecule has 0 heterocycles. The Kier molecular flexibility index (Phi) is 8.50. The van der Waals surface area contributed by atoms with Gasteiger partial charge < -0.3 is 4.74 Å². The van der Waals surface area contributed by atoms with Crippen molar-refractivity contribution >= 4 is 16.1 Å². The van der Waals surface area contributed by atoms with Crippen molar-refractivity contribution in [3.05, 3.63) is 144 Å². The van der Waals surface area contributed by atoms with E-state index in [0.29, 0.717) is 0 Å². The lowest BCUT2D eigenvalue weighted by molar-refractivity contribution is -0.148. The summed E-state index contributed by atoms with van der Waals surface area (Å²) in [6, 6.07) is 37.3. The number of benzene rings is 4. The molecule has 0 amide bonds. The Morgan fingerprint density at radius 3 is 1.54 bits per heavy atom. The third-order valence-electron chi connectivity index (χ3n) is 5.97. The molecule has 7 heteroatoms. The first-order valence-corrected chi connectivity index (χ1v) is 13.7. The van der Waals surface area contributed by atoms with Crippen LogP contribution in [0, 0.1) is 0 Å². The van der Waals surface area contributed by atoms with Gasteiger partial charge in [0.25, 0.3) is 10.1 Å². The van der Waals surface area contributed by atoms with E-state index in [1.807, 2.05) is 121 Å². The minimum absolute atomic E-state index is 0.0474. The highest BCUT2D eigenvalue weighted by atomic mass is 32.2. The van der Waals surface area contributed by atoms with Crippen LogP contribution in [0.15, 0.2) is 121 Å². The van der Waals surface area contributed by atoms with E-state index >= 15 is 0 Å². The summed E-state index contributed by atoms with van der Waals surface area (Å²) in [7, 11) is -3.82. The van der Waals surface area contributed by atoms with Crippen molar-refractivity contribution in [2.45, 2.75) is 18.2 Å². The highest BCUT2D eigenvalue weighted by molar-refractivity contribution is 7.85. The van der Waals surface area contributed by atoms with E-state index in [2.05, 4.69) is 5.32 Å². The summed E-state index contributed by atoms with van der Waals surface area (Å²) in [6.45, 7) is -0.382. The minimum Gasteiger partial charge on any atom is -0.460 e. The van der Waals surface area contributed by atoms with Crippen LogP contribution in [-0.4, -0.2) is 33.3 Å². The molecule has 1 atom stereocenters. The van der Waals surface area contributed by atoms with E-state index in [0.717, 1.165) is 28.5 Å². The van der Waals surface area contributed by atoms with Crippen LogP contribution in [0.5, 0.6) is 0 Å². The molecule has 0 fully saturated rings. The van der Waals surface area contributed by atoms with Crippen molar-refractivity contribution < 1.29 is 22.1 Å². The van der Waals surface area contributed by atoms with Crippen molar-refractivity contribution in [3.8, 4) is 0 Å². The Hall–Kier alpha value is -3.78. The summed E-state index contributed by atoms with van der Waals surface area (Å²) in [6.07, 6.45) is 0.957. The van der Waals surface area contributed by atoms with Crippen LogP contribution in [-0.2, 0) is 36.0 Å². The summed E-state index contributed by atoms with van der Waals surface area (Å²) < 4.78 is 34.6. The second-order valence-electron chi connectivity index (χ2n) is 8.63. The number of carbonyl (C=O) groups is 1. The van der Waals surface area contributed by atoms with Crippen molar-refractivity contribution in [2.75, 3.05) is 12.9 Å². The van der Waals surface area contributed by atoms with E-state index in [9.17, 15) is 13.2 Å². The average molecular weight is 516 g/mol. The number of hydrogen-bond donors (Lipinski definition) is 1. The van der Waals surface area contributed by atoms with Gasteiger partial charge >= 0.3 is 5.97 Å². The molecule has 0 saturated heterocycles. The molecule has 0 saturated carbocycles. The first-order valence-electron chi connectivity index (χ1n) is 11.9. The summed E-state index contributed by atoms with van der Waals surface area (Å²) in [5.74, 6) is -0.625. The molecule has 0 bridgehead atoms. The molecule has 37 heavy (non-hydrogen) atoms. The van der Waals surface area contributed by atoms with Gasteiger partial charge in [0.15, 0.2) is 0 Å². The Morgan fingerprint density at radius 1 is 0.730 bits per heavy atom. The first kappa shape index (κ1) is 26.3. The molecule has 4 aromatic rings. The lowest BCUT2D eigenvalue weighted by atomic mass is 9.76. The highest BCUT2D eigenvalue weighted by Gasteiger charge is 2.40. The molecule has 0 radical (unpaired) electrons. The number of nitrogens with one attached hydrogen (secondary N) is 1. The second-order valence-corrected chi connectivity index (χ2v) is 10.3. The summed E-state index contributed by atoms with van der Waals surface area (Å²) in [4.78, 5) is 13.4. The maximum Gasteiger partial charge on any atom is 0.325 e. The summed E-state index contributed by atoms with van der Waals surface area (Å²) >= 11 is 0. The number of carbonyl (C=O) groups excluding carboxylic acids is 1. The van der Waals surface area contributed by atoms with Crippen molar-refractivity contribution in [1.29, 1.82) is 0 Å². The average Bonchev–Trinajstić information content (AvgIpc) is 2.93. The Bertz CT molecular complexity index is 1280. The Labute approximate surface area is 218 Å². The number of rotatable bonds is 11.